The highest BCUT2D eigenvalue weighted by Gasteiger charge is 2.15. The minimum atomic E-state index is -0.297. The Kier molecular flexibility index (Phi) is 5.33. The zero-order chi connectivity index (χ0) is 19.5. The molecule has 2 N–H and O–H groups in total. The second-order valence-corrected chi connectivity index (χ2v) is 7.53. The molecular formula is C23H26FN3O. The van der Waals surface area contributed by atoms with Gasteiger partial charge in [0.15, 0.2) is 0 Å². The topological polar surface area (TPSA) is 48.1 Å². The first kappa shape index (κ1) is 18.5. The van der Waals surface area contributed by atoms with Crippen molar-refractivity contribution in [2.24, 2.45) is 0 Å². The summed E-state index contributed by atoms with van der Waals surface area (Å²) in [4.78, 5) is 18.1. The lowest BCUT2D eigenvalue weighted by atomic mass is 10.1. The van der Waals surface area contributed by atoms with Crippen molar-refractivity contribution in [2.75, 3.05) is 24.5 Å². The maximum absolute atomic E-state index is 13.4. The molecule has 0 atom stereocenters. The predicted octanol–water partition coefficient (Wildman–Crippen LogP) is 4.58. The van der Waals surface area contributed by atoms with E-state index in [0.717, 1.165) is 36.0 Å². The fourth-order valence-electron chi connectivity index (χ4n) is 3.96. The number of nitrogens with one attached hydrogen (secondary N) is 2. The van der Waals surface area contributed by atoms with Gasteiger partial charge in [-0.05, 0) is 74.1 Å². The number of halogens is 1. The molecule has 0 bridgehead atoms. The number of carbonyl (C=O) groups excluding carboxylic acids is 1. The van der Waals surface area contributed by atoms with E-state index in [9.17, 15) is 9.18 Å². The molecule has 1 aliphatic rings. The first-order valence-corrected chi connectivity index (χ1v) is 10.0. The molecule has 0 aliphatic carbocycles. The van der Waals surface area contributed by atoms with E-state index < -0.39 is 0 Å². The fraction of sp³-hybridized carbons (Fsp3) is 0.348. The van der Waals surface area contributed by atoms with Gasteiger partial charge in [0, 0.05) is 36.2 Å². The van der Waals surface area contributed by atoms with Crippen LogP contribution in [-0.2, 0) is 6.42 Å². The Morgan fingerprint density at radius 3 is 2.61 bits per heavy atom. The van der Waals surface area contributed by atoms with Crippen molar-refractivity contribution >= 4 is 22.5 Å². The zero-order valence-corrected chi connectivity index (χ0v) is 16.2. The molecule has 0 radical (unpaired) electrons. The number of aryl methyl sites for hydroxylation is 1. The lowest BCUT2D eigenvalue weighted by molar-refractivity contribution is 0.0949. The number of benzene rings is 2. The summed E-state index contributed by atoms with van der Waals surface area (Å²) in [7, 11) is 0. The van der Waals surface area contributed by atoms with Crippen molar-refractivity contribution in [1.29, 1.82) is 0 Å². The largest absolute Gasteiger partial charge is 0.372 e. The number of piperidine rings is 1. The third-order valence-electron chi connectivity index (χ3n) is 5.60. The van der Waals surface area contributed by atoms with Crippen LogP contribution in [0.4, 0.5) is 10.1 Å². The lowest BCUT2D eigenvalue weighted by Gasteiger charge is -2.28. The summed E-state index contributed by atoms with van der Waals surface area (Å²) in [6, 6.07) is 13.2. The van der Waals surface area contributed by atoms with E-state index in [1.807, 2.05) is 6.92 Å². The minimum Gasteiger partial charge on any atom is -0.372 e. The van der Waals surface area contributed by atoms with E-state index in [2.05, 4.69) is 39.5 Å². The maximum Gasteiger partial charge on any atom is 0.268 e. The predicted molar refractivity (Wildman–Crippen MR) is 112 cm³/mol. The van der Waals surface area contributed by atoms with E-state index in [0.29, 0.717) is 12.2 Å². The molecule has 0 saturated carbocycles. The second-order valence-electron chi connectivity index (χ2n) is 7.53. The number of nitrogens with zero attached hydrogens (tertiary/aromatic N) is 1. The number of aromatic amines is 1. The Labute approximate surface area is 164 Å². The van der Waals surface area contributed by atoms with Crippen LogP contribution in [-0.4, -0.2) is 30.5 Å². The van der Waals surface area contributed by atoms with Gasteiger partial charge in [0.1, 0.15) is 11.5 Å². The molecule has 2 heterocycles. The molecule has 4 rings (SSSR count). The van der Waals surface area contributed by atoms with E-state index in [4.69, 9.17) is 0 Å². The smallest absolute Gasteiger partial charge is 0.268 e. The highest BCUT2D eigenvalue weighted by Crippen LogP contribution is 2.23. The Morgan fingerprint density at radius 2 is 1.86 bits per heavy atom. The number of amides is 1. The van der Waals surface area contributed by atoms with Gasteiger partial charge >= 0.3 is 0 Å². The van der Waals surface area contributed by atoms with E-state index >= 15 is 0 Å². The molecule has 28 heavy (non-hydrogen) atoms. The lowest BCUT2D eigenvalue weighted by Crippen LogP contribution is -2.29. The molecule has 146 valence electrons. The fourth-order valence-corrected chi connectivity index (χ4v) is 3.96. The quantitative estimate of drug-likeness (QED) is 0.682. The number of hydrogen-bond donors (Lipinski definition) is 2. The average molecular weight is 379 g/mol. The number of H-pyrrole nitrogens is 1. The number of hydrogen-bond acceptors (Lipinski definition) is 2. The van der Waals surface area contributed by atoms with Crippen molar-refractivity contribution in [1.82, 2.24) is 10.3 Å². The van der Waals surface area contributed by atoms with Gasteiger partial charge in [-0.25, -0.2) is 4.39 Å². The molecule has 1 saturated heterocycles. The summed E-state index contributed by atoms with van der Waals surface area (Å²) in [5, 5.41) is 3.72. The van der Waals surface area contributed by atoms with Crippen molar-refractivity contribution in [3.8, 4) is 0 Å². The molecule has 1 fully saturated rings. The molecule has 3 aromatic rings. The molecule has 0 spiro atoms. The van der Waals surface area contributed by atoms with Crippen LogP contribution in [0, 0.1) is 12.7 Å². The van der Waals surface area contributed by atoms with E-state index in [1.165, 1.54) is 42.6 Å². The van der Waals surface area contributed by atoms with Crippen molar-refractivity contribution in [2.45, 2.75) is 32.6 Å². The summed E-state index contributed by atoms with van der Waals surface area (Å²) in [6.07, 6.45) is 4.65. The maximum atomic E-state index is 13.4. The number of anilines is 1. The molecule has 0 unspecified atom stereocenters. The van der Waals surface area contributed by atoms with Crippen molar-refractivity contribution in [3.05, 3.63) is 65.1 Å². The van der Waals surface area contributed by atoms with E-state index in [1.54, 1.807) is 6.07 Å². The van der Waals surface area contributed by atoms with Gasteiger partial charge in [0.2, 0.25) is 0 Å². The first-order chi connectivity index (χ1) is 13.6. The van der Waals surface area contributed by atoms with Gasteiger partial charge in [0.05, 0.1) is 0 Å². The minimum absolute atomic E-state index is 0.154. The number of fused-ring (bicyclic) bond motifs is 1. The SMILES string of the molecule is Cc1c(C(=O)NCCc2ccc(N3CCCCC3)cc2)[nH]c2ccc(F)cc12. The second kappa shape index (κ2) is 8.05. The van der Waals surface area contributed by atoms with Crippen LogP contribution >= 0.6 is 0 Å². The Morgan fingerprint density at radius 1 is 1.11 bits per heavy atom. The zero-order valence-electron chi connectivity index (χ0n) is 16.2. The number of rotatable bonds is 5. The Balaban J connectivity index is 1.34. The standard InChI is InChI=1S/C23H26FN3O/c1-16-20-15-18(24)7-10-21(20)26-22(16)23(28)25-12-11-17-5-8-19(9-6-17)27-13-3-2-4-14-27/h5-10,15,26H,2-4,11-14H2,1H3,(H,25,28). The van der Waals surface area contributed by atoms with Crippen LogP contribution in [0.2, 0.25) is 0 Å². The summed E-state index contributed by atoms with van der Waals surface area (Å²) in [5.74, 6) is -0.450. The number of aromatic nitrogens is 1. The van der Waals surface area contributed by atoms with E-state index in [-0.39, 0.29) is 11.7 Å². The summed E-state index contributed by atoms with van der Waals surface area (Å²) in [6.45, 7) is 4.68. The molecule has 1 amide bonds. The molecule has 1 aromatic heterocycles. The van der Waals surface area contributed by atoms with Gasteiger partial charge in [-0.15, -0.1) is 0 Å². The Hall–Kier alpha value is -2.82. The van der Waals surface area contributed by atoms with Gasteiger partial charge in [-0.1, -0.05) is 12.1 Å². The molecule has 4 nitrogen and oxygen atoms in total. The molecular weight excluding hydrogens is 353 g/mol. The van der Waals surface area contributed by atoms with Crippen LogP contribution < -0.4 is 10.2 Å². The third kappa shape index (κ3) is 3.88. The Bertz CT molecular complexity index is 971. The molecule has 2 aromatic carbocycles. The van der Waals surface area contributed by atoms with Crippen LogP contribution in [0.25, 0.3) is 10.9 Å². The summed E-state index contributed by atoms with van der Waals surface area (Å²) < 4.78 is 13.4. The van der Waals surface area contributed by atoms with Gasteiger partial charge in [-0.2, -0.15) is 0 Å². The summed E-state index contributed by atoms with van der Waals surface area (Å²) >= 11 is 0. The number of carbonyl (C=O) groups is 1. The summed E-state index contributed by atoms with van der Waals surface area (Å²) in [5.41, 5.74) is 4.54. The van der Waals surface area contributed by atoms with Crippen LogP contribution in [0.15, 0.2) is 42.5 Å². The van der Waals surface area contributed by atoms with Gasteiger partial charge < -0.3 is 15.2 Å². The highest BCUT2D eigenvalue weighted by atomic mass is 19.1. The van der Waals surface area contributed by atoms with Gasteiger partial charge in [-0.3, -0.25) is 4.79 Å². The molecule has 1 aliphatic heterocycles. The highest BCUT2D eigenvalue weighted by molar-refractivity contribution is 6.00. The first-order valence-electron chi connectivity index (χ1n) is 10.0. The normalized spacial score (nSPS) is 14.4. The van der Waals surface area contributed by atoms with Crippen molar-refractivity contribution < 1.29 is 9.18 Å². The van der Waals surface area contributed by atoms with Crippen LogP contribution in [0.1, 0.15) is 40.9 Å². The van der Waals surface area contributed by atoms with Crippen LogP contribution in [0.5, 0.6) is 0 Å². The van der Waals surface area contributed by atoms with Crippen molar-refractivity contribution in [3.63, 3.8) is 0 Å². The third-order valence-corrected chi connectivity index (χ3v) is 5.60. The van der Waals surface area contributed by atoms with Gasteiger partial charge in [0.25, 0.3) is 5.91 Å². The average Bonchev–Trinajstić information content (AvgIpc) is 3.05. The molecule has 5 heteroatoms. The van der Waals surface area contributed by atoms with Crippen LogP contribution in [0.3, 0.4) is 0 Å². The monoisotopic (exact) mass is 379 g/mol.